The first kappa shape index (κ1) is 15.8. The van der Waals surface area contributed by atoms with Crippen molar-refractivity contribution in [3.8, 4) is 0 Å². The molecule has 0 heterocycles. The van der Waals surface area contributed by atoms with Crippen LogP contribution in [0.3, 0.4) is 0 Å². The van der Waals surface area contributed by atoms with Gasteiger partial charge in [0.05, 0.1) is 12.5 Å². The van der Waals surface area contributed by atoms with E-state index >= 15 is 0 Å². The summed E-state index contributed by atoms with van der Waals surface area (Å²) >= 11 is 0. The SMILES string of the molecule is CC(C)=CC1C(C(=O)Nc2cc(CO)ccc2C)C1(C)C. The van der Waals surface area contributed by atoms with E-state index in [1.54, 1.807) is 0 Å². The molecular formula is C18H25NO2. The van der Waals surface area contributed by atoms with Crippen molar-refractivity contribution < 1.29 is 9.90 Å². The highest BCUT2D eigenvalue weighted by Crippen LogP contribution is 2.59. The number of carbonyl (C=O) groups is 1. The number of nitrogens with one attached hydrogen (secondary N) is 1. The number of amides is 1. The number of aryl methyl sites for hydroxylation is 1. The molecule has 114 valence electrons. The Morgan fingerprint density at radius 2 is 2.05 bits per heavy atom. The van der Waals surface area contributed by atoms with E-state index in [0.29, 0.717) is 5.92 Å². The third kappa shape index (κ3) is 3.18. The highest BCUT2D eigenvalue weighted by Gasteiger charge is 2.60. The fourth-order valence-electron chi connectivity index (χ4n) is 2.96. The van der Waals surface area contributed by atoms with Crippen LogP contribution in [0, 0.1) is 24.2 Å². The van der Waals surface area contributed by atoms with Crippen LogP contribution in [0.1, 0.15) is 38.8 Å². The summed E-state index contributed by atoms with van der Waals surface area (Å²) in [5.74, 6) is 0.397. The molecule has 1 aliphatic carbocycles. The Balaban J connectivity index is 2.14. The number of aliphatic hydroxyl groups excluding tert-OH is 1. The molecule has 1 aromatic carbocycles. The van der Waals surface area contributed by atoms with Crippen LogP contribution in [0.15, 0.2) is 29.8 Å². The predicted molar refractivity (Wildman–Crippen MR) is 85.9 cm³/mol. The number of anilines is 1. The molecule has 0 saturated heterocycles. The van der Waals surface area contributed by atoms with Crippen LogP contribution in [0.5, 0.6) is 0 Å². The number of aliphatic hydroxyl groups is 1. The molecule has 2 atom stereocenters. The zero-order valence-corrected chi connectivity index (χ0v) is 13.5. The van der Waals surface area contributed by atoms with Crippen molar-refractivity contribution in [2.75, 3.05) is 5.32 Å². The van der Waals surface area contributed by atoms with Gasteiger partial charge >= 0.3 is 0 Å². The lowest BCUT2D eigenvalue weighted by atomic mass is 10.1. The van der Waals surface area contributed by atoms with Gasteiger partial charge in [-0.25, -0.2) is 0 Å². The van der Waals surface area contributed by atoms with Crippen LogP contribution in [0.25, 0.3) is 0 Å². The summed E-state index contributed by atoms with van der Waals surface area (Å²) in [5, 5.41) is 12.2. The Bertz CT molecular complexity index is 583. The van der Waals surface area contributed by atoms with Gasteiger partial charge in [0.2, 0.25) is 5.91 Å². The topological polar surface area (TPSA) is 49.3 Å². The molecule has 1 aliphatic rings. The second-order valence-corrected chi connectivity index (χ2v) is 6.87. The minimum absolute atomic E-state index is 0.0154. The van der Waals surface area contributed by atoms with Gasteiger partial charge in [-0.05, 0) is 49.3 Å². The van der Waals surface area contributed by atoms with E-state index in [4.69, 9.17) is 0 Å². The molecule has 3 nitrogen and oxygen atoms in total. The predicted octanol–water partition coefficient (Wildman–Crippen LogP) is 3.66. The molecule has 0 aromatic heterocycles. The third-order valence-electron chi connectivity index (χ3n) is 4.45. The molecule has 3 heteroatoms. The van der Waals surface area contributed by atoms with Crippen LogP contribution in [0.2, 0.25) is 0 Å². The van der Waals surface area contributed by atoms with Gasteiger partial charge in [0, 0.05) is 5.69 Å². The van der Waals surface area contributed by atoms with E-state index in [9.17, 15) is 9.90 Å². The molecule has 0 aliphatic heterocycles. The summed E-state index contributed by atoms with van der Waals surface area (Å²) in [6.07, 6.45) is 2.20. The Morgan fingerprint density at radius 1 is 1.38 bits per heavy atom. The van der Waals surface area contributed by atoms with Crippen LogP contribution in [-0.2, 0) is 11.4 Å². The van der Waals surface area contributed by atoms with Crippen molar-refractivity contribution in [2.45, 2.75) is 41.2 Å². The average Bonchev–Trinajstić information content (AvgIpc) is 2.92. The number of hydrogen-bond donors (Lipinski definition) is 2. The molecule has 1 amide bonds. The monoisotopic (exact) mass is 287 g/mol. The largest absolute Gasteiger partial charge is 0.392 e. The van der Waals surface area contributed by atoms with Crippen LogP contribution in [-0.4, -0.2) is 11.0 Å². The van der Waals surface area contributed by atoms with Gasteiger partial charge in [-0.1, -0.05) is 37.6 Å². The third-order valence-corrected chi connectivity index (χ3v) is 4.45. The number of allylic oxidation sites excluding steroid dienone is 2. The lowest BCUT2D eigenvalue weighted by Gasteiger charge is -2.10. The normalized spacial score (nSPS) is 22.6. The quantitative estimate of drug-likeness (QED) is 0.830. The number of rotatable bonds is 4. The van der Waals surface area contributed by atoms with Gasteiger partial charge in [-0.15, -0.1) is 0 Å². The summed E-state index contributed by atoms with van der Waals surface area (Å²) in [7, 11) is 0. The molecule has 1 aromatic rings. The highest BCUT2D eigenvalue weighted by molar-refractivity contribution is 5.96. The molecule has 21 heavy (non-hydrogen) atoms. The van der Waals surface area contributed by atoms with Crippen molar-refractivity contribution in [3.63, 3.8) is 0 Å². The van der Waals surface area contributed by atoms with Gasteiger partial charge in [0.15, 0.2) is 0 Å². The summed E-state index contributed by atoms with van der Waals surface area (Å²) in [4.78, 5) is 12.5. The lowest BCUT2D eigenvalue weighted by molar-refractivity contribution is -0.118. The summed E-state index contributed by atoms with van der Waals surface area (Å²) in [5.41, 5.74) is 3.89. The molecule has 2 rings (SSSR count). The van der Waals surface area contributed by atoms with Crippen molar-refractivity contribution in [1.82, 2.24) is 0 Å². The fourth-order valence-corrected chi connectivity index (χ4v) is 2.96. The lowest BCUT2D eigenvalue weighted by Crippen LogP contribution is -2.17. The van der Waals surface area contributed by atoms with Crippen LogP contribution >= 0.6 is 0 Å². The first-order valence-electron chi connectivity index (χ1n) is 7.43. The van der Waals surface area contributed by atoms with E-state index < -0.39 is 0 Å². The molecular weight excluding hydrogens is 262 g/mol. The maximum absolute atomic E-state index is 12.5. The number of benzene rings is 1. The first-order chi connectivity index (χ1) is 9.77. The Morgan fingerprint density at radius 3 is 2.62 bits per heavy atom. The zero-order chi connectivity index (χ0) is 15.8. The van der Waals surface area contributed by atoms with E-state index in [-0.39, 0.29) is 23.8 Å². The molecule has 0 spiro atoms. The maximum Gasteiger partial charge on any atom is 0.228 e. The second kappa shape index (κ2) is 5.64. The Labute approximate surface area is 127 Å². The smallest absolute Gasteiger partial charge is 0.228 e. The summed E-state index contributed by atoms with van der Waals surface area (Å²) in [6, 6.07) is 5.64. The van der Waals surface area contributed by atoms with Crippen molar-refractivity contribution >= 4 is 11.6 Å². The van der Waals surface area contributed by atoms with Gasteiger partial charge in [-0.3, -0.25) is 4.79 Å². The molecule has 2 N–H and O–H groups in total. The second-order valence-electron chi connectivity index (χ2n) is 6.87. The number of hydrogen-bond acceptors (Lipinski definition) is 2. The van der Waals surface area contributed by atoms with Crippen LogP contribution < -0.4 is 5.32 Å². The van der Waals surface area contributed by atoms with Crippen molar-refractivity contribution in [1.29, 1.82) is 0 Å². The van der Waals surface area contributed by atoms with Gasteiger partial charge in [0.1, 0.15) is 0 Å². The van der Waals surface area contributed by atoms with Crippen molar-refractivity contribution in [3.05, 3.63) is 41.0 Å². The molecule has 0 bridgehead atoms. The van der Waals surface area contributed by atoms with Gasteiger partial charge < -0.3 is 10.4 Å². The minimum atomic E-state index is -0.0154. The molecule has 1 saturated carbocycles. The van der Waals surface area contributed by atoms with Gasteiger partial charge in [0.25, 0.3) is 0 Å². The molecule has 0 radical (unpaired) electrons. The minimum Gasteiger partial charge on any atom is -0.392 e. The maximum atomic E-state index is 12.5. The summed E-state index contributed by atoms with van der Waals surface area (Å²) < 4.78 is 0. The van der Waals surface area contributed by atoms with Crippen molar-refractivity contribution in [2.24, 2.45) is 17.3 Å². The molecule has 2 unspecified atom stereocenters. The highest BCUT2D eigenvalue weighted by atomic mass is 16.3. The Hall–Kier alpha value is -1.61. The Kier molecular flexibility index (Phi) is 4.24. The van der Waals surface area contributed by atoms with Crippen LogP contribution in [0.4, 0.5) is 5.69 Å². The van der Waals surface area contributed by atoms with E-state index in [1.807, 2.05) is 25.1 Å². The zero-order valence-electron chi connectivity index (χ0n) is 13.5. The summed E-state index contributed by atoms with van der Waals surface area (Å²) in [6.45, 7) is 10.4. The average molecular weight is 287 g/mol. The standard InChI is InChI=1S/C18H25NO2/c1-11(2)8-14-16(18(14,4)5)17(21)19-15-9-13(10-20)7-6-12(15)3/h6-9,14,16,20H,10H2,1-5H3,(H,19,21). The van der Waals surface area contributed by atoms with E-state index in [0.717, 1.165) is 16.8 Å². The van der Waals surface area contributed by atoms with E-state index in [1.165, 1.54) is 5.57 Å². The number of carbonyl (C=O) groups excluding carboxylic acids is 1. The fraction of sp³-hybridized carbons (Fsp3) is 0.500. The molecule has 1 fully saturated rings. The van der Waals surface area contributed by atoms with E-state index in [2.05, 4.69) is 39.1 Å². The van der Waals surface area contributed by atoms with Gasteiger partial charge in [-0.2, -0.15) is 0 Å². The first-order valence-corrected chi connectivity index (χ1v) is 7.43.